The zero-order valence-electron chi connectivity index (χ0n) is 23.7. The molecule has 40 heavy (non-hydrogen) atoms. The van der Waals surface area contributed by atoms with E-state index in [-0.39, 0.29) is 0 Å². The Kier molecular flexibility index (Phi) is 7.86. The van der Waals surface area contributed by atoms with Crippen LogP contribution in [0.3, 0.4) is 0 Å². The summed E-state index contributed by atoms with van der Waals surface area (Å²) in [6, 6.07) is 19.4. The molecule has 1 N–H and O–H groups in total. The summed E-state index contributed by atoms with van der Waals surface area (Å²) in [5.74, 6) is 1.29. The molecule has 6 rings (SSSR count). The normalized spacial score (nSPS) is 17.4. The molecule has 0 saturated carbocycles. The van der Waals surface area contributed by atoms with Crippen LogP contribution in [0.25, 0.3) is 16.8 Å². The number of nitrogens with one attached hydrogen (secondary N) is 1. The Morgan fingerprint density at radius 3 is 2.50 bits per heavy atom. The first kappa shape index (κ1) is 26.6. The van der Waals surface area contributed by atoms with Crippen LogP contribution in [-0.2, 0) is 11.3 Å². The first-order valence-electron chi connectivity index (χ1n) is 14.2. The van der Waals surface area contributed by atoms with Crippen LogP contribution < -0.4 is 15.0 Å². The van der Waals surface area contributed by atoms with Crippen LogP contribution in [0, 0.1) is 0 Å². The Bertz CT molecular complexity index is 1440. The van der Waals surface area contributed by atoms with Crippen molar-refractivity contribution in [1.29, 1.82) is 0 Å². The number of nitrogens with zero attached hydrogens (tertiary/aromatic N) is 6. The number of methoxy groups -OCH3 is 2. The molecule has 0 bridgehead atoms. The van der Waals surface area contributed by atoms with E-state index in [2.05, 4.69) is 68.4 Å². The molecule has 2 aromatic carbocycles. The third-order valence-electron chi connectivity index (χ3n) is 8.31. The van der Waals surface area contributed by atoms with Gasteiger partial charge in [-0.25, -0.2) is 9.50 Å². The molecule has 0 unspecified atom stereocenters. The minimum absolute atomic E-state index is 0.508. The van der Waals surface area contributed by atoms with Crippen LogP contribution in [0.15, 0.2) is 60.8 Å². The zero-order chi connectivity index (χ0) is 27.5. The van der Waals surface area contributed by atoms with Gasteiger partial charge in [0.15, 0.2) is 0 Å². The monoisotopic (exact) mass is 541 g/mol. The van der Waals surface area contributed by atoms with Gasteiger partial charge in [-0.3, -0.25) is 4.90 Å². The van der Waals surface area contributed by atoms with Gasteiger partial charge in [0.25, 0.3) is 0 Å². The summed E-state index contributed by atoms with van der Waals surface area (Å²) in [5, 5.41) is 8.22. The number of benzene rings is 2. The SMILES string of the molecule is COCc1ccccc1-c1ccc2cnc(Nc3ccc(N4CCC(N5CCN(C)CC5)CC4)cc3OC)nn12. The van der Waals surface area contributed by atoms with E-state index in [9.17, 15) is 0 Å². The van der Waals surface area contributed by atoms with Crippen LogP contribution in [-0.4, -0.2) is 91.0 Å². The molecule has 0 amide bonds. The minimum atomic E-state index is 0.508. The van der Waals surface area contributed by atoms with E-state index in [0.717, 1.165) is 46.9 Å². The average molecular weight is 542 g/mol. The highest BCUT2D eigenvalue weighted by molar-refractivity contribution is 5.71. The van der Waals surface area contributed by atoms with Crippen molar-refractivity contribution < 1.29 is 9.47 Å². The van der Waals surface area contributed by atoms with Gasteiger partial charge in [-0.1, -0.05) is 24.3 Å². The number of hydrogen-bond acceptors (Lipinski definition) is 8. The first-order chi connectivity index (χ1) is 19.6. The number of anilines is 3. The fraction of sp³-hybridized carbons (Fsp3) is 0.419. The van der Waals surface area contributed by atoms with E-state index in [1.54, 1.807) is 14.2 Å². The van der Waals surface area contributed by atoms with Gasteiger partial charge in [0.1, 0.15) is 5.75 Å². The smallest absolute Gasteiger partial charge is 0.245 e. The highest BCUT2D eigenvalue weighted by Crippen LogP contribution is 2.33. The summed E-state index contributed by atoms with van der Waals surface area (Å²) < 4.78 is 13.2. The molecule has 2 aromatic heterocycles. The molecular formula is C31H39N7O2. The fourth-order valence-corrected chi connectivity index (χ4v) is 5.99. The van der Waals surface area contributed by atoms with E-state index in [1.165, 1.54) is 44.7 Å². The van der Waals surface area contributed by atoms with E-state index < -0.39 is 0 Å². The topological polar surface area (TPSA) is 70.4 Å². The maximum absolute atomic E-state index is 5.81. The maximum atomic E-state index is 5.81. The number of fused-ring (bicyclic) bond motifs is 1. The summed E-state index contributed by atoms with van der Waals surface area (Å²) in [5.41, 5.74) is 6.16. The second kappa shape index (κ2) is 11.8. The molecule has 4 heterocycles. The Balaban J connectivity index is 1.18. The van der Waals surface area contributed by atoms with Crippen molar-refractivity contribution in [1.82, 2.24) is 24.4 Å². The first-order valence-corrected chi connectivity index (χ1v) is 14.2. The van der Waals surface area contributed by atoms with Crippen LogP contribution in [0.1, 0.15) is 18.4 Å². The van der Waals surface area contributed by atoms with Crippen LogP contribution in [0.4, 0.5) is 17.3 Å². The molecule has 9 heteroatoms. The van der Waals surface area contributed by atoms with Crippen molar-refractivity contribution in [2.45, 2.75) is 25.5 Å². The van der Waals surface area contributed by atoms with E-state index in [4.69, 9.17) is 14.6 Å². The quantitative estimate of drug-likeness (QED) is 0.350. The molecule has 2 aliphatic heterocycles. The Morgan fingerprint density at radius 1 is 0.925 bits per heavy atom. The van der Waals surface area contributed by atoms with Gasteiger partial charge in [0.05, 0.1) is 36.8 Å². The standard InChI is InChI=1S/C31H39N7O2/c1-35-16-18-37(19-17-35)24-12-14-36(15-13-24)25-8-10-28(30(20-25)40-3)33-31-32-21-26-9-11-29(38(26)34-31)27-7-5-4-6-23(27)22-39-2/h4-11,20-21,24H,12-19,22H2,1-3H3,(H,33,34). The molecule has 4 aromatic rings. The van der Waals surface area contributed by atoms with Gasteiger partial charge in [0.2, 0.25) is 5.95 Å². The lowest BCUT2D eigenvalue weighted by molar-refractivity contribution is 0.0982. The number of ether oxygens (including phenoxy) is 2. The largest absolute Gasteiger partial charge is 0.494 e. The van der Waals surface area contributed by atoms with Crippen LogP contribution >= 0.6 is 0 Å². The Hall–Kier alpha value is -3.66. The van der Waals surface area contributed by atoms with E-state index >= 15 is 0 Å². The van der Waals surface area contributed by atoms with Crippen molar-refractivity contribution in [3.8, 4) is 17.0 Å². The molecule has 2 aliphatic rings. The van der Waals surface area contributed by atoms with Gasteiger partial charge in [-0.2, -0.15) is 0 Å². The second-order valence-corrected chi connectivity index (χ2v) is 10.8. The van der Waals surface area contributed by atoms with Crippen molar-refractivity contribution in [3.63, 3.8) is 0 Å². The van der Waals surface area contributed by atoms with Crippen molar-refractivity contribution in [2.75, 3.05) is 70.8 Å². The third-order valence-corrected chi connectivity index (χ3v) is 8.31. The minimum Gasteiger partial charge on any atom is -0.494 e. The molecule has 0 radical (unpaired) electrons. The lowest BCUT2D eigenvalue weighted by Gasteiger charge is -2.42. The predicted octanol–water partition coefficient (Wildman–Crippen LogP) is 4.51. The molecule has 2 saturated heterocycles. The van der Waals surface area contributed by atoms with Crippen LogP contribution in [0.2, 0.25) is 0 Å². The third kappa shape index (κ3) is 5.50. The number of likely N-dealkylation sites (N-methyl/N-ethyl adjacent to an activating group) is 1. The zero-order valence-corrected chi connectivity index (χ0v) is 23.7. The van der Waals surface area contributed by atoms with Crippen LogP contribution in [0.5, 0.6) is 5.75 Å². The van der Waals surface area contributed by atoms with Crippen molar-refractivity contribution in [3.05, 3.63) is 66.4 Å². The molecule has 0 atom stereocenters. The Morgan fingerprint density at radius 2 is 1.73 bits per heavy atom. The van der Waals surface area contributed by atoms with Crippen molar-refractivity contribution in [2.24, 2.45) is 0 Å². The number of piperidine rings is 1. The molecule has 9 nitrogen and oxygen atoms in total. The molecule has 0 spiro atoms. The highest BCUT2D eigenvalue weighted by Gasteiger charge is 2.27. The number of piperazine rings is 1. The summed E-state index contributed by atoms with van der Waals surface area (Å²) in [7, 11) is 5.65. The second-order valence-electron chi connectivity index (χ2n) is 10.8. The molecule has 0 aliphatic carbocycles. The lowest BCUT2D eigenvalue weighted by Crippen LogP contribution is -2.52. The van der Waals surface area contributed by atoms with Gasteiger partial charge in [-0.05, 0) is 49.7 Å². The summed E-state index contributed by atoms with van der Waals surface area (Å²) >= 11 is 0. The fourth-order valence-electron chi connectivity index (χ4n) is 5.99. The predicted molar refractivity (Wildman–Crippen MR) is 160 cm³/mol. The molecule has 2 fully saturated rings. The van der Waals surface area contributed by atoms with Gasteiger partial charge < -0.3 is 24.6 Å². The summed E-state index contributed by atoms with van der Waals surface area (Å²) in [6.45, 7) is 7.39. The van der Waals surface area contributed by atoms with E-state index in [0.29, 0.717) is 18.6 Å². The molecule has 210 valence electrons. The highest BCUT2D eigenvalue weighted by atomic mass is 16.5. The van der Waals surface area contributed by atoms with Gasteiger partial charge >= 0.3 is 0 Å². The number of aromatic nitrogens is 3. The molecular weight excluding hydrogens is 502 g/mol. The summed E-state index contributed by atoms with van der Waals surface area (Å²) in [4.78, 5) is 12.2. The lowest BCUT2D eigenvalue weighted by atomic mass is 10.0. The Labute approximate surface area is 236 Å². The van der Waals surface area contributed by atoms with Gasteiger partial charge in [-0.15, -0.1) is 5.10 Å². The van der Waals surface area contributed by atoms with Gasteiger partial charge in [0, 0.05) is 69.7 Å². The summed E-state index contributed by atoms with van der Waals surface area (Å²) in [6.07, 6.45) is 4.24. The van der Waals surface area contributed by atoms with Crippen molar-refractivity contribution >= 4 is 22.8 Å². The van der Waals surface area contributed by atoms with E-state index in [1.807, 2.05) is 28.9 Å². The average Bonchev–Trinajstić information content (AvgIpc) is 3.41. The number of hydrogen-bond donors (Lipinski definition) is 1. The number of rotatable bonds is 8. The maximum Gasteiger partial charge on any atom is 0.245 e.